The summed E-state index contributed by atoms with van der Waals surface area (Å²) in [6.45, 7) is 0.219. The fourth-order valence-corrected chi connectivity index (χ4v) is 1.08. The summed E-state index contributed by atoms with van der Waals surface area (Å²) in [6, 6.07) is 0. The van der Waals surface area contributed by atoms with Crippen molar-refractivity contribution in [1.82, 2.24) is 0 Å². The van der Waals surface area contributed by atoms with Crippen LogP contribution in [0.25, 0.3) is 0 Å². The third kappa shape index (κ3) is 2.73. The molecule has 1 aliphatic rings. The predicted molar refractivity (Wildman–Crippen MR) is 43.0 cm³/mol. The van der Waals surface area contributed by atoms with Crippen LogP contribution < -0.4 is 0 Å². The van der Waals surface area contributed by atoms with Crippen LogP contribution in [-0.4, -0.2) is 48.7 Å². The lowest BCUT2D eigenvalue weighted by molar-refractivity contribution is -0.193. The van der Waals surface area contributed by atoms with Crippen molar-refractivity contribution in [2.45, 2.75) is 12.7 Å². The molecule has 1 heterocycles. The van der Waals surface area contributed by atoms with Crippen molar-refractivity contribution in [2.75, 3.05) is 26.4 Å². The third-order valence-electron chi connectivity index (χ3n) is 1.90. The Kier molecular flexibility index (Phi) is 4.31. The van der Waals surface area contributed by atoms with Gasteiger partial charge in [0, 0.05) is 0 Å². The minimum atomic E-state index is -0.905. The number of aliphatic hydroxyl groups excluding tert-OH is 2. The van der Waals surface area contributed by atoms with Crippen LogP contribution in [-0.2, 0) is 14.3 Å². The number of carbonyl (C=O) groups excluding carboxylic acids is 1. The van der Waals surface area contributed by atoms with E-state index in [1.807, 2.05) is 0 Å². The normalized spacial score (nSPS) is 19.3. The molecular weight excluding hydrogens is 176 g/mol. The molecule has 0 aromatic rings. The standard InChI is InChI=1S/C8H14O5/c9-4-6(5-10)7(11)8-12-2-1-3-13-8/h6,8-10H,1-5H2. The first kappa shape index (κ1) is 10.6. The lowest BCUT2D eigenvalue weighted by atomic mass is 10.1. The SMILES string of the molecule is O=C(C(CO)CO)C1OCCCO1. The van der Waals surface area contributed by atoms with E-state index in [9.17, 15) is 4.79 Å². The zero-order chi connectivity index (χ0) is 9.68. The molecule has 1 rings (SSSR count). The van der Waals surface area contributed by atoms with Gasteiger partial charge in [-0.3, -0.25) is 4.79 Å². The van der Waals surface area contributed by atoms with Crippen molar-refractivity contribution < 1.29 is 24.5 Å². The molecule has 0 aromatic carbocycles. The zero-order valence-corrected chi connectivity index (χ0v) is 7.31. The molecule has 1 fully saturated rings. The van der Waals surface area contributed by atoms with Crippen LogP contribution >= 0.6 is 0 Å². The predicted octanol–water partition coefficient (Wildman–Crippen LogP) is -1.08. The Balaban J connectivity index is 2.44. The molecule has 13 heavy (non-hydrogen) atoms. The Hall–Kier alpha value is -0.490. The fraction of sp³-hybridized carbons (Fsp3) is 0.875. The van der Waals surface area contributed by atoms with E-state index in [0.29, 0.717) is 13.2 Å². The minimum Gasteiger partial charge on any atom is -0.396 e. The largest absolute Gasteiger partial charge is 0.396 e. The highest BCUT2D eigenvalue weighted by atomic mass is 16.7. The van der Waals surface area contributed by atoms with Gasteiger partial charge < -0.3 is 19.7 Å². The van der Waals surface area contributed by atoms with Crippen molar-refractivity contribution >= 4 is 5.78 Å². The number of hydrogen-bond donors (Lipinski definition) is 2. The van der Waals surface area contributed by atoms with Crippen molar-refractivity contribution in [3.8, 4) is 0 Å². The molecule has 0 unspecified atom stereocenters. The Bertz CT molecular complexity index is 160. The summed E-state index contributed by atoms with van der Waals surface area (Å²) < 4.78 is 10.1. The summed E-state index contributed by atoms with van der Waals surface area (Å²) >= 11 is 0. The molecule has 1 aliphatic heterocycles. The van der Waals surface area contributed by atoms with Crippen molar-refractivity contribution in [3.05, 3.63) is 0 Å². The second-order valence-corrected chi connectivity index (χ2v) is 2.89. The number of carbonyl (C=O) groups is 1. The van der Waals surface area contributed by atoms with Gasteiger partial charge in [-0.2, -0.15) is 0 Å². The van der Waals surface area contributed by atoms with Crippen LogP contribution in [0.4, 0.5) is 0 Å². The number of aliphatic hydroxyl groups is 2. The second kappa shape index (κ2) is 5.29. The van der Waals surface area contributed by atoms with E-state index < -0.39 is 12.2 Å². The van der Waals surface area contributed by atoms with E-state index in [-0.39, 0.29) is 19.0 Å². The number of ether oxygens (including phenoxy) is 2. The first-order valence-corrected chi connectivity index (χ1v) is 4.28. The molecule has 5 nitrogen and oxygen atoms in total. The van der Waals surface area contributed by atoms with Crippen molar-refractivity contribution in [3.63, 3.8) is 0 Å². The molecule has 0 saturated carbocycles. The van der Waals surface area contributed by atoms with Gasteiger partial charge in [-0.15, -0.1) is 0 Å². The van der Waals surface area contributed by atoms with Gasteiger partial charge in [0.1, 0.15) is 0 Å². The lowest BCUT2D eigenvalue weighted by Crippen LogP contribution is -2.39. The Morgan fingerprint density at radius 1 is 1.31 bits per heavy atom. The van der Waals surface area contributed by atoms with E-state index in [1.165, 1.54) is 0 Å². The quantitative estimate of drug-likeness (QED) is 0.589. The topological polar surface area (TPSA) is 76.0 Å². The van der Waals surface area contributed by atoms with E-state index in [4.69, 9.17) is 19.7 Å². The molecule has 5 heteroatoms. The van der Waals surface area contributed by atoms with Crippen LogP contribution in [0.1, 0.15) is 6.42 Å². The molecule has 0 aliphatic carbocycles. The average molecular weight is 190 g/mol. The average Bonchev–Trinajstić information content (AvgIpc) is 2.21. The smallest absolute Gasteiger partial charge is 0.218 e. The summed E-state index contributed by atoms with van der Waals surface area (Å²) in [7, 11) is 0. The Morgan fingerprint density at radius 3 is 2.31 bits per heavy atom. The highest BCUT2D eigenvalue weighted by molar-refractivity contribution is 5.84. The number of ketones is 1. The summed E-state index contributed by atoms with van der Waals surface area (Å²) in [6.07, 6.45) is -0.134. The number of rotatable bonds is 4. The van der Waals surface area contributed by atoms with Gasteiger partial charge in [-0.1, -0.05) is 0 Å². The molecule has 0 bridgehead atoms. The van der Waals surface area contributed by atoms with Gasteiger partial charge in [-0.05, 0) is 6.42 Å². The van der Waals surface area contributed by atoms with Gasteiger partial charge in [0.05, 0.1) is 32.3 Å². The maximum absolute atomic E-state index is 11.4. The van der Waals surface area contributed by atoms with Crippen LogP contribution in [0.3, 0.4) is 0 Å². The van der Waals surface area contributed by atoms with Crippen LogP contribution in [0.15, 0.2) is 0 Å². The molecule has 0 spiro atoms. The van der Waals surface area contributed by atoms with E-state index in [1.54, 1.807) is 0 Å². The monoisotopic (exact) mass is 190 g/mol. The lowest BCUT2D eigenvalue weighted by Gasteiger charge is -2.24. The maximum atomic E-state index is 11.4. The Labute approximate surface area is 76.3 Å². The van der Waals surface area contributed by atoms with E-state index >= 15 is 0 Å². The highest BCUT2D eigenvalue weighted by Gasteiger charge is 2.29. The second-order valence-electron chi connectivity index (χ2n) is 2.89. The molecule has 0 atom stereocenters. The van der Waals surface area contributed by atoms with Gasteiger partial charge in [-0.25, -0.2) is 0 Å². The molecule has 0 aromatic heterocycles. The molecule has 1 saturated heterocycles. The number of Topliss-reactive ketones (excluding diaryl/α,β-unsaturated/α-hetero) is 1. The van der Waals surface area contributed by atoms with E-state index in [0.717, 1.165) is 6.42 Å². The first-order valence-electron chi connectivity index (χ1n) is 4.28. The first-order chi connectivity index (χ1) is 6.29. The number of hydrogen-bond acceptors (Lipinski definition) is 5. The molecule has 76 valence electrons. The van der Waals surface area contributed by atoms with Crippen molar-refractivity contribution in [2.24, 2.45) is 5.92 Å². The van der Waals surface area contributed by atoms with Crippen LogP contribution in [0.5, 0.6) is 0 Å². The summed E-state index contributed by atoms with van der Waals surface area (Å²) in [4.78, 5) is 11.4. The van der Waals surface area contributed by atoms with Crippen molar-refractivity contribution in [1.29, 1.82) is 0 Å². The molecular formula is C8H14O5. The van der Waals surface area contributed by atoms with Gasteiger partial charge in [0.2, 0.25) is 6.29 Å². The minimum absolute atomic E-state index is 0.376. The van der Waals surface area contributed by atoms with Crippen LogP contribution in [0, 0.1) is 5.92 Å². The van der Waals surface area contributed by atoms with Gasteiger partial charge in [0.15, 0.2) is 5.78 Å². The summed E-state index contributed by atoms with van der Waals surface area (Å²) in [5.41, 5.74) is 0. The third-order valence-corrected chi connectivity index (χ3v) is 1.90. The van der Waals surface area contributed by atoms with Crippen LogP contribution in [0.2, 0.25) is 0 Å². The van der Waals surface area contributed by atoms with Gasteiger partial charge >= 0.3 is 0 Å². The van der Waals surface area contributed by atoms with Gasteiger partial charge in [0.25, 0.3) is 0 Å². The summed E-state index contributed by atoms with van der Waals surface area (Å²) in [5.74, 6) is -1.17. The molecule has 0 radical (unpaired) electrons. The van der Waals surface area contributed by atoms with E-state index in [2.05, 4.69) is 0 Å². The zero-order valence-electron chi connectivity index (χ0n) is 7.31. The molecule has 2 N–H and O–H groups in total. The maximum Gasteiger partial charge on any atom is 0.218 e. The Morgan fingerprint density at radius 2 is 1.85 bits per heavy atom. The fourth-order valence-electron chi connectivity index (χ4n) is 1.08. The summed E-state index contributed by atoms with van der Waals surface area (Å²) in [5, 5.41) is 17.5. The molecule has 0 amide bonds. The highest BCUT2D eigenvalue weighted by Crippen LogP contribution is 2.10.